The molecular weight excluding hydrogens is 350 g/mol. The number of carbonyl (C=O) groups excluding carboxylic acids is 1. The van der Waals surface area contributed by atoms with Crippen LogP contribution in [-0.2, 0) is 4.79 Å². The number of rotatable bonds is 6. The van der Waals surface area contributed by atoms with Crippen LogP contribution < -0.4 is 10.1 Å². The minimum Gasteiger partial charge on any atom is -0.494 e. The predicted octanol–water partition coefficient (Wildman–Crippen LogP) is 4.83. The summed E-state index contributed by atoms with van der Waals surface area (Å²) in [4.78, 5) is 12.4. The summed E-state index contributed by atoms with van der Waals surface area (Å²) in [6, 6.07) is 16.2. The van der Waals surface area contributed by atoms with Gasteiger partial charge in [-0.3, -0.25) is 4.79 Å². The maximum absolute atomic E-state index is 12.4. The summed E-state index contributed by atoms with van der Waals surface area (Å²) in [5.41, 5.74) is 4.27. The normalized spacial score (nSPS) is 15.8. The van der Waals surface area contributed by atoms with E-state index in [4.69, 9.17) is 4.74 Å². The number of aryl methyl sites for hydroxylation is 1. The number of hydrogen-bond acceptors (Lipinski definition) is 3. The van der Waals surface area contributed by atoms with Gasteiger partial charge in [-0.2, -0.15) is 5.10 Å². The maximum atomic E-state index is 12.4. The van der Waals surface area contributed by atoms with Gasteiger partial charge in [0, 0.05) is 17.9 Å². The van der Waals surface area contributed by atoms with E-state index in [1.54, 1.807) is 4.68 Å². The van der Waals surface area contributed by atoms with Crippen molar-refractivity contribution in [3.63, 3.8) is 0 Å². The summed E-state index contributed by atoms with van der Waals surface area (Å²) in [6.07, 6.45) is 4.45. The van der Waals surface area contributed by atoms with E-state index >= 15 is 0 Å². The maximum Gasteiger partial charge on any atom is 0.226 e. The average molecular weight is 375 g/mol. The zero-order valence-corrected chi connectivity index (χ0v) is 16.3. The Kier molecular flexibility index (Phi) is 5.15. The second-order valence-electron chi connectivity index (χ2n) is 7.27. The highest BCUT2D eigenvalue weighted by Crippen LogP contribution is 2.38. The molecule has 28 heavy (non-hydrogen) atoms. The van der Waals surface area contributed by atoms with Gasteiger partial charge in [0.1, 0.15) is 11.6 Å². The van der Waals surface area contributed by atoms with Crippen LogP contribution in [0.3, 0.4) is 0 Å². The molecule has 1 unspecified atom stereocenters. The van der Waals surface area contributed by atoms with Gasteiger partial charge in [-0.1, -0.05) is 43.2 Å². The molecule has 5 heteroatoms. The minimum atomic E-state index is -0.00681. The summed E-state index contributed by atoms with van der Waals surface area (Å²) in [6.45, 7) is 4.93. The van der Waals surface area contributed by atoms with E-state index in [-0.39, 0.29) is 11.8 Å². The minimum absolute atomic E-state index is 0.00681. The third-order valence-electron chi connectivity index (χ3n) is 5.15. The van der Waals surface area contributed by atoms with Gasteiger partial charge >= 0.3 is 0 Å². The Labute approximate surface area is 165 Å². The van der Waals surface area contributed by atoms with Gasteiger partial charge in [0.25, 0.3) is 0 Å². The number of aromatic nitrogens is 2. The van der Waals surface area contributed by atoms with E-state index in [9.17, 15) is 4.79 Å². The standard InChI is InChI=1S/C23H25N3O2/c1-3-4-13-28-19-11-7-17(8-12-19)20-14-22(27)25-23-21(20)15-24-26(23)18-9-5-16(2)6-10-18/h5-12,15,20H,3-4,13-14H2,1-2H3,(H,25,27). The van der Waals surface area contributed by atoms with Crippen LogP contribution in [0.25, 0.3) is 5.69 Å². The molecule has 1 aromatic heterocycles. The van der Waals surface area contributed by atoms with Crippen molar-refractivity contribution < 1.29 is 9.53 Å². The molecule has 0 saturated heterocycles. The van der Waals surface area contributed by atoms with Crippen molar-refractivity contribution in [2.24, 2.45) is 0 Å². The molecule has 1 atom stereocenters. The van der Waals surface area contributed by atoms with Crippen molar-refractivity contribution in [1.29, 1.82) is 0 Å². The number of amides is 1. The van der Waals surface area contributed by atoms with Crippen LogP contribution in [0.15, 0.2) is 54.7 Å². The third-order valence-corrected chi connectivity index (χ3v) is 5.15. The Morgan fingerprint density at radius 3 is 2.61 bits per heavy atom. The number of carbonyl (C=O) groups is 1. The number of nitrogens with zero attached hydrogens (tertiary/aromatic N) is 2. The molecular formula is C23H25N3O2. The van der Waals surface area contributed by atoms with Crippen molar-refractivity contribution >= 4 is 11.7 Å². The van der Waals surface area contributed by atoms with E-state index in [1.807, 2.05) is 42.6 Å². The first-order valence-electron chi connectivity index (χ1n) is 9.83. The van der Waals surface area contributed by atoms with Crippen molar-refractivity contribution in [2.75, 3.05) is 11.9 Å². The Morgan fingerprint density at radius 1 is 1.14 bits per heavy atom. The Balaban J connectivity index is 1.62. The van der Waals surface area contributed by atoms with Crippen LogP contribution in [-0.4, -0.2) is 22.3 Å². The van der Waals surface area contributed by atoms with Gasteiger partial charge in [-0.25, -0.2) is 4.68 Å². The molecule has 4 rings (SSSR count). The van der Waals surface area contributed by atoms with Gasteiger partial charge in [0.15, 0.2) is 0 Å². The molecule has 3 aromatic rings. The van der Waals surface area contributed by atoms with E-state index in [0.29, 0.717) is 6.42 Å². The predicted molar refractivity (Wildman–Crippen MR) is 110 cm³/mol. The molecule has 0 radical (unpaired) electrons. The first-order valence-corrected chi connectivity index (χ1v) is 9.83. The fraction of sp³-hybridized carbons (Fsp3) is 0.304. The number of nitrogens with one attached hydrogen (secondary N) is 1. The average Bonchev–Trinajstić information content (AvgIpc) is 3.12. The first kappa shape index (κ1) is 18.3. The molecule has 1 N–H and O–H groups in total. The molecule has 0 spiro atoms. The molecule has 144 valence electrons. The molecule has 2 aromatic carbocycles. The number of fused-ring (bicyclic) bond motifs is 1. The summed E-state index contributed by atoms with van der Waals surface area (Å²) >= 11 is 0. The zero-order chi connectivity index (χ0) is 19.5. The molecule has 0 saturated carbocycles. The summed E-state index contributed by atoms with van der Waals surface area (Å²) in [7, 11) is 0. The molecule has 1 amide bonds. The largest absolute Gasteiger partial charge is 0.494 e. The first-order chi connectivity index (χ1) is 13.7. The van der Waals surface area contributed by atoms with Crippen molar-refractivity contribution in [3.05, 3.63) is 71.4 Å². The smallest absolute Gasteiger partial charge is 0.226 e. The third kappa shape index (κ3) is 3.65. The molecule has 2 heterocycles. The van der Waals surface area contributed by atoms with E-state index < -0.39 is 0 Å². The highest BCUT2D eigenvalue weighted by molar-refractivity contribution is 5.94. The Morgan fingerprint density at radius 2 is 1.89 bits per heavy atom. The SMILES string of the molecule is CCCCOc1ccc(C2CC(=O)Nc3c2cnn3-c2ccc(C)cc2)cc1. The molecule has 0 aliphatic carbocycles. The summed E-state index contributed by atoms with van der Waals surface area (Å²) in [5, 5.41) is 7.56. The number of ether oxygens (including phenoxy) is 1. The molecule has 0 fully saturated rings. The Hall–Kier alpha value is -3.08. The van der Waals surface area contributed by atoms with Crippen LogP contribution in [0, 0.1) is 6.92 Å². The van der Waals surface area contributed by atoms with E-state index in [1.165, 1.54) is 5.56 Å². The fourth-order valence-electron chi connectivity index (χ4n) is 3.53. The van der Waals surface area contributed by atoms with E-state index in [0.717, 1.165) is 47.8 Å². The molecule has 1 aliphatic heterocycles. The molecule has 1 aliphatic rings. The van der Waals surface area contributed by atoms with Gasteiger partial charge in [-0.05, 0) is 43.2 Å². The van der Waals surface area contributed by atoms with Gasteiger partial charge in [-0.15, -0.1) is 0 Å². The van der Waals surface area contributed by atoms with Gasteiger partial charge < -0.3 is 10.1 Å². The van der Waals surface area contributed by atoms with Crippen LogP contribution in [0.1, 0.15) is 48.8 Å². The topological polar surface area (TPSA) is 56.1 Å². The zero-order valence-electron chi connectivity index (χ0n) is 16.3. The highest BCUT2D eigenvalue weighted by atomic mass is 16.5. The van der Waals surface area contributed by atoms with Gasteiger partial charge in [0.05, 0.1) is 18.5 Å². The second-order valence-corrected chi connectivity index (χ2v) is 7.27. The quantitative estimate of drug-likeness (QED) is 0.628. The lowest BCUT2D eigenvalue weighted by atomic mass is 9.87. The molecule has 0 bridgehead atoms. The van der Waals surface area contributed by atoms with Gasteiger partial charge in [0.2, 0.25) is 5.91 Å². The summed E-state index contributed by atoms with van der Waals surface area (Å²) in [5.74, 6) is 1.63. The van der Waals surface area contributed by atoms with Crippen LogP contribution >= 0.6 is 0 Å². The van der Waals surface area contributed by atoms with Crippen molar-refractivity contribution in [2.45, 2.75) is 39.0 Å². The fourth-order valence-corrected chi connectivity index (χ4v) is 3.53. The van der Waals surface area contributed by atoms with Crippen molar-refractivity contribution in [1.82, 2.24) is 9.78 Å². The highest BCUT2D eigenvalue weighted by Gasteiger charge is 2.30. The molecule has 5 nitrogen and oxygen atoms in total. The number of anilines is 1. The van der Waals surface area contributed by atoms with Crippen LogP contribution in [0.5, 0.6) is 5.75 Å². The van der Waals surface area contributed by atoms with Crippen LogP contribution in [0.2, 0.25) is 0 Å². The lowest BCUT2D eigenvalue weighted by molar-refractivity contribution is -0.116. The van der Waals surface area contributed by atoms with Crippen molar-refractivity contribution in [3.8, 4) is 11.4 Å². The Bertz CT molecular complexity index is 959. The summed E-state index contributed by atoms with van der Waals surface area (Å²) < 4.78 is 7.56. The van der Waals surface area contributed by atoms with E-state index in [2.05, 4.69) is 36.4 Å². The number of benzene rings is 2. The lowest BCUT2D eigenvalue weighted by Gasteiger charge is -2.24. The van der Waals surface area contributed by atoms with Crippen LogP contribution in [0.4, 0.5) is 5.82 Å². The number of unbranched alkanes of at least 4 members (excludes halogenated alkanes) is 1. The monoisotopic (exact) mass is 375 g/mol. The number of hydrogen-bond donors (Lipinski definition) is 1. The lowest BCUT2D eigenvalue weighted by Crippen LogP contribution is -2.24. The second kappa shape index (κ2) is 7.89.